The third kappa shape index (κ3) is 2.95. The van der Waals surface area contributed by atoms with Gasteiger partial charge in [-0.05, 0) is 13.8 Å². The summed E-state index contributed by atoms with van der Waals surface area (Å²) in [6.07, 6.45) is 0. The number of carbonyl (C=O) groups is 1. The number of hydrogen-bond acceptors (Lipinski definition) is 4. The van der Waals surface area contributed by atoms with Gasteiger partial charge in [-0.3, -0.25) is 9.48 Å². The van der Waals surface area contributed by atoms with Gasteiger partial charge in [-0.25, -0.2) is 8.42 Å². The maximum absolute atomic E-state index is 12.5. The van der Waals surface area contributed by atoms with Crippen molar-refractivity contribution in [1.82, 2.24) is 14.1 Å². The number of carbonyl (C=O) groups excluding carboxylic acids is 1. The van der Waals surface area contributed by atoms with Crippen LogP contribution in [0, 0.1) is 13.8 Å². The van der Waals surface area contributed by atoms with Crippen molar-refractivity contribution in [1.29, 1.82) is 0 Å². The molecule has 1 aromatic rings. The molecule has 0 atom stereocenters. The third-order valence-electron chi connectivity index (χ3n) is 2.92. The minimum atomic E-state index is -3.58. The zero-order valence-electron chi connectivity index (χ0n) is 11.7. The van der Waals surface area contributed by atoms with E-state index < -0.39 is 15.9 Å². The van der Waals surface area contributed by atoms with Gasteiger partial charge < -0.3 is 5.73 Å². The summed E-state index contributed by atoms with van der Waals surface area (Å²) in [5.41, 5.74) is 5.93. The number of nitrogens with zero attached hydrogens (tertiary/aromatic N) is 3. The SMILES string of the molecule is CCN(CC)S(=O)(=O)c1c(C)nn(CC(N)=O)c1C. The molecule has 0 bridgehead atoms. The Morgan fingerprint density at radius 2 is 1.84 bits per heavy atom. The smallest absolute Gasteiger partial charge is 0.246 e. The summed E-state index contributed by atoms with van der Waals surface area (Å²) < 4.78 is 27.7. The van der Waals surface area contributed by atoms with E-state index in [4.69, 9.17) is 5.73 Å². The fraction of sp³-hybridized carbons (Fsp3) is 0.636. The number of hydrogen-bond donors (Lipinski definition) is 1. The van der Waals surface area contributed by atoms with Gasteiger partial charge in [0.2, 0.25) is 15.9 Å². The minimum Gasteiger partial charge on any atom is -0.368 e. The number of primary amides is 1. The van der Waals surface area contributed by atoms with Crippen LogP contribution in [0.3, 0.4) is 0 Å². The topological polar surface area (TPSA) is 98.3 Å². The predicted molar refractivity (Wildman–Crippen MR) is 71.0 cm³/mol. The summed E-state index contributed by atoms with van der Waals surface area (Å²) in [4.78, 5) is 11.1. The average Bonchev–Trinajstić information content (AvgIpc) is 2.54. The van der Waals surface area contributed by atoms with Crippen molar-refractivity contribution >= 4 is 15.9 Å². The minimum absolute atomic E-state index is 0.125. The molecule has 0 aliphatic heterocycles. The van der Waals surface area contributed by atoms with E-state index in [0.29, 0.717) is 24.5 Å². The van der Waals surface area contributed by atoms with Gasteiger partial charge >= 0.3 is 0 Å². The molecule has 1 heterocycles. The Labute approximate surface area is 113 Å². The van der Waals surface area contributed by atoms with Crippen LogP contribution in [0.1, 0.15) is 25.2 Å². The third-order valence-corrected chi connectivity index (χ3v) is 5.23. The lowest BCUT2D eigenvalue weighted by molar-refractivity contribution is -0.118. The number of amides is 1. The molecule has 1 aromatic heterocycles. The molecule has 19 heavy (non-hydrogen) atoms. The van der Waals surface area contributed by atoms with E-state index in [-0.39, 0.29) is 11.4 Å². The van der Waals surface area contributed by atoms with E-state index in [2.05, 4.69) is 5.10 Å². The molecule has 0 aliphatic carbocycles. The van der Waals surface area contributed by atoms with Gasteiger partial charge in [0, 0.05) is 13.1 Å². The highest BCUT2D eigenvalue weighted by molar-refractivity contribution is 7.89. The van der Waals surface area contributed by atoms with Gasteiger partial charge in [-0.2, -0.15) is 9.40 Å². The molecule has 0 radical (unpaired) electrons. The molecule has 0 spiro atoms. The molecule has 7 nitrogen and oxygen atoms in total. The standard InChI is InChI=1S/C11H20N4O3S/c1-5-14(6-2)19(17,18)11-8(3)13-15(9(11)4)7-10(12)16/h5-7H2,1-4H3,(H2,12,16). The highest BCUT2D eigenvalue weighted by Gasteiger charge is 2.29. The molecule has 0 unspecified atom stereocenters. The summed E-state index contributed by atoms with van der Waals surface area (Å²) in [5.74, 6) is -0.558. The summed E-state index contributed by atoms with van der Waals surface area (Å²) in [5, 5.41) is 4.08. The molecule has 108 valence electrons. The van der Waals surface area contributed by atoms with E-state index in [1.54, 1.807) is 27.7 Å². The van der Waals surface area contributed by atoms with Gasteiger partial charge in [-0.1, -0.05) is 13.8 Å². The van der Waals surface area contributed by atoms with Crippen molar-refractivity contribution in [3.8, 4) is 0 Å². The Bertz CT molecular complexity index is 573. The molecule has 1 rings (SSSR count). The molecular formula is C11H20N4O3S. The molecule has 2 N–H and O–H groups in total. The summed E-state index contributed by atoms with van der Waals surface area (Å²) in [6, 6.07) is 0. The molecule has 0 aromatic carbocycles. The number of sulfonamides is 1. The van der Waals surface area contributed by atoms with Gasteiger partial charge in [0.05, 0.1) is 11.4 Å². The second-order valence-corrected chi connectivity index (χ2v) is 6.09. The maximum Gasteiger partial charge on any atom is 0.246 e. The fourth-order valence-electron chi connectivity index (χ4n) is 2.05. The monoisotopic (exact) mass is 288 g/mol. The second kappa shape index (κ2) is 5.70. The zero-order chi connectivity index (χ0) is 14.8. The Hall–Kier alpha value is -1.41. The van der Waals surface area contributed by atoms with Gasteiger partial charge in [-0.15, -0.1) is 0 Å². The van der Waals surface area contributed by atoms with Crippen molar-refractivity contribution in [2.75, 3.05) is 13.1 Å². The lowest BCUT2D eigenvalue weighted by Crippen LogP contribution is -2.31. The van der Waals surface area contributed by atoms with Crippen molar-refractivity contribution < 1.29 is 13.2 Å². The van der Waals surface area contributed by atoms with E-state index >= 15 is 0 Å². The second-order valence-electron chi connectivity index (χ2n) is 4.21. The molecule has 1 amide bonds. The van der Waals surface area contributed by atoms with Gasteiger partial charge in [0.1, 0.15) is 11.4 Å². The number of rotatable bonds is 6. The normalized spacial score (nSPS) is 12.1. The van der Waals surface area contributed by atoms with Crippen molar-refractivity contribution in [2.24, 2.45) is 5.73 Å². The molecule has 0 aliphatic rings. The summed E-state index contributed by atoms with van der Waals surface area (Å²) in [7, 11) is -3.58. The number of aromatic nitrogens is 2. The molecule has 0 saturated carbocycles. The highest BCUT2D eigenvalue weighted by Crippen LogP contribution is 2.23. The van der Waals surface area contributed by atoms with Gasteiger partial charge in [0.15, 0.2) is 0 Å². The van der Waals surface area contributed by atoms with Crippen LogP contribution in [0.5, 0.6) is 0 Å². The van der Waals surface area contributed by atoms with Crippen LogP contribution in [-0.2, 0) is 21.4 Å². The van der Waals surface area contributed by atoms with E-state index in [9.17, 15) is 13.2 Å². The Morgan fingerprint density at radius 3 is 2.26 bits per heavy atom. The highest BCUT2D eigenvalue weighted by atomic mass is 32.2. The quantitative estimate of drug-likeness (QED) is 0.797. The summed E-state index contributed by atoms with van der Waals surface area (Å²) >= 11 is 0. The Kier molecular flexibility index (Phi) is 4.70. The van der Waals surface area contributed by atoms with E-state index in [1.807, 2.05) is 0 Å². The Morgan fingerprint density at radius 1 is 1.32 bits per heavy atom. The predicted octanol–water partition coefficient (Wildman–Crippen LogP) is 0.0157. The first-order valence-electron chi connectivity index (χ1n) is 6.08. The average molecular weight is 288 g/mol. The van der Waals surface area contributed by atoms with Crippen molar-refractivity contribution in [3.63, 3.8) is 0 Å². The zero-order valence-corrected chi connectivity index (χ0v) is 12.5. The number of aryl methyl sites for hydroxylation is 1. The largest absolute Gasteiger partial charge is 0.368 e. The first-order chi connectivity index (χ1) is 8.75. The number of nitrogens with two attached hydrogens (primary N) is 1. The van der Waals surface area contributed by atoms with Crippen molar-refractivity contribution in [2.45, 2.75) is 39.1 Å². The van der Waals surface area contributed by atoms with Crippen LogP contribution in [0.25, 0.3) is 0 Å². The van der Waals surface area contributed by atoms with Crippen LogP contribution in [0.2, 0.25) is 0 Å². The van der Waals surface area contributed by atoms with Crippen LogP contribution >= 0.6 is 0 Å². The van der Waals surface area contributed by atoms with Crippen LogP contribution in [0.15, 0.2) is 4.90 Å². The molecule has 0 fully saturated rings. The van der Waals surface area contributed by atoms with Crippen LogP contribution < -0.4 is 5.73 Å². The lowest BCUT2D eigenvalue weighted by atomic mass is 10.4. The first-order valence-corrected chi connectivity index (χ1v) is 7.52. The lowest BCUT2D eigenvalue weighted by Gasteiger charge is -2.18. The molecule has 8 heteroatoms. The van der Waals surface area contributed by atoms with Crippen molar-refractivity contribution in [3.05, 3.63) is 11.4 Å². The van der Waals surface area contributed by atoms with Crippen LogP contribution in [-0.4, -0.2) is 41.5 Å². The van der Waals surface area contributed by atoms with Crippen LogP contribution in [0.4, 0.5) is 0 Å². The maximum atomic E-state index is 12.5. The van der Waals surface area contributed by atoms with E-state index in [1.165, 1.54) is 8.99 Å². The Balaban J connectivity index is 3.35. The van der Waals surface area contributed by atoms with E-state index in [0.717, 1.165) is 0 Å². The summed E-state index contributed by atoms with van der Waals surface area (Å²) in [6.45, 7) is 7.44. The molecule has 0 saturated heterocycles. The fourth-order valence-corrected chi connectivity index (χ4v) is 3.88. The first kappa shape index (κ1) is 15.6. The van der Waals surface area contributed by atoms with Gasteiger partial charge in [0.25, 0.3) is 0 Å². The molecular weight excluding hydrogens is 268 g/mol.